The number of hydrogen-bond donors (Lipinski definition) is 0. The molecule has 6 nitrogen and oxygen atoms in total. The predicted molar refractivity (Wildman–Crippen MR) is 70.3 cm³/mol. The Morgan fingerprint density at radius 3 is 2.63 bits per heavy atom. The minimum absolute atomic E-state index is 0.0195. The number of sulfone groups is 1. The number of rotatable bonds is 5. The second-order valence-corrected chi connectivity index (χ2v) is 7.07. The van der Waals surface area contributed by atoms with Gasteiger partial charge in [-0.05, 0) is 19.8 Å². The van der Waals surface area contributed by atoms with Gasteiger partial charge in [0.2, 0.25) is 5.91 Å². The minimum Gasteiger partial charge on any atom is -0.466 e. The van der Waals surface area contributed by atoms with Crippen LogP contribution in [-0.4, -0.2) is 56.9 Å². The molecule has 1 amide bonds. The first kappa shape index (κ1) is 15.9. The molecule has 110 valence electrons. The summed E-state index contributed by atoms with van der Waals surface area (Å²) in [5.74, 6) is -0.912. The molecule has 1 saturated heterocycles. The summed E-state index contributed by atoms with van der Waals surface area (Å²) in [5, 5.41) is 0. The van der Waals surface area contributed by atoms with Gasteiger partial charge >= 0.3 is 5.97 Å². The van der Waals surface area contributed by atoms with Gasteiger partial charge in [0, 0.05) is 25.8 Å². The average molecular weight is 291 g/mol. The third kappa shape index (κ3) is 5.59. The molecule has 0 saturated carbocycles. The van der Waals surface area contributed by atoms with Crippen LogP contribution in [0.4, 0.5) is 0 Å². The van der Waals surface area contributed by atoms with Gasteiger partial charge in [-0.2, -0.15) is 0 Å². The maximum atomic E-state index is 11.9. The van der Waals surface area contributed by atoms with Gasteiger partial charge in [-0.3, -0.25) is 9.59 Å². The number of esters is 1. The second-order valence-electron chi connectivity index (χ2n) is 4.81. The summed E-state index contributed by atoms with van der Waals surface area (Å²) in [6.07, 6.45) is 2.55. The first-order valence-corrected chi connectivity index (χ1v) is 8.51. The summed E-state index contributed by atoms with van der Waals surface area (Å²) in [6.45, 7) is 2.99. The van der Waals surface area contributed by atoms with Gasteiger partial charge in [0.25, 0.3) is 0 Å². The highest BCUT2D eigenvalue weighted by Gasteiger charge is 2.29. The van der Waals surface area contributed by atoms with E-state index in [4.69, 9.17) is 4.74 Å². The fourth-order valence-electron chi connectivity index (χ4n) is 2.09. The molecule has 0 aliphatic carbocycles. The monoisotopic (exact) mass is 291 g/mol. The summed E-state index contributed by atoms with van der Waals surface area (Å²) >= 11 is 0. The zero-order valence-electron chi connectivity index (χ0n) is 11.4. The van der Waals surface area contributed by atoms with E-state index in [1.807, 2.05) is 0 Å². The third-order valence-corrected chi connectivity index (χ3v) is 4.03. The van der Waals surface area contributed by atoms with E-state index < -0.39 is 9.84 Å². The number of nitrogens with zero attached hydrogens (tertiary/aromatic N) is 1. The van der Waals surface area contributed by atoms with Gasteiger partial charge in [-0.1, -0.05) is 0 Å². The summed E-state index contributed by atoms with van der Waals surface area (Å²) in [7, 11) is -3.14. The Morgan fingerprint density at radius 1 is 1.37 bits per heavy atom. The Kier molecular flexibility index (Phi) is 5.78. The van der Waals surface area contributed by atoms with Crippen LogP contribution in [0, 0.1) is 5.92 Å². The van der Waals surface area contributed by atoms with Crippen molar-refractivity contribution in [2.45, 2.75) is 26.2 Å². The first-order valence-electron chi connectivity index (χ1n) is 6.45. The fraction of sp³-hybridized carbons (Fsp3) is 0.833. The van der Waals surface area contributed by atoms with E-state index in [0.717, 1.165) is 12.7 Å². The van der Waals surface area contributed by atoms with Crippen LogP contribution in [0.2, 0.25) is 0 Å². The van der Waals surface area contributed by atoms with Gasteiger partial charge in [0.15, 0.2) is 0 Å². The van der Waals surface area contributed by atoms with Crippen LogP contribution < -0.4 is 0 Å². The highest BCUT2D eigenvalue weighted by molar-refractivity contribution is 7.90. The molecule has 7 heteroatoms. The smallest absolute Gasteiger partial charge is 0.310 e. The van der Waals surface area contributed by atoms with Gasteiger partial charge < -0.3 is 9.64 Å². The molecule has 1 heterocycles. The highest BCUT2D eigenvalue weighted by Crippen LogP contribution is 2.18. The highest BCUT2D eigenvalue weighted by atomic mass is 32.2. The summed E-state index contributed by atoms with van der Waals surface area (Å²) < 4.78 is 27.0. The molecule has 0 aromatic heterocycles. The van der Waals surface area contributed by atoms with Gasteiger partial charge in [-0.25, -0.2) is 8.42 Å². The first-order chi connectivity index (χ1) is 8.83. The number of amides is 1. The standard InChI is InChI=1S/C12H21NO5S/c1-3-18-12(15)10-5-4-7-13(9-10)11(14)6-8-19(2,16)17/h10H,3-9H2,1-2H3. The van der Waals surface area contributed by atoms with E-state index in [9.17, 15) is 18.0 Å². The van der Waals surface area contributed by atoms with Crippen molar-refractivity contribution in [1.29, 1.82) is 0 Å². The Morgan fingerprint density at radius 2 is 2.05 bits per heavy atom. The molecule has 1 fully saturated rings. The number of hydrogen-bond acceptors (Lipinski definition) is 5. The van der Waals surface area contributed by atoms with Gasteiger partial charge in [0.05, 0.1) is 18.3 Å². The minimum atomic E-state index is -3.14. The summed E-state index contributed by atoms with van der Waals surface area (Å²) in [4.78, 5) is 25.1. The predicted octanol–water partition coefficient (Wildman–Crippen LogP) is 0.223. The molecular weight excluding hydrogens is 270 g/mol. The lowest BCUT2D eigenvalue weighted by atomic mass is 9.98. The van der Waals surface area contributed by atoms with Crippen molar-refractivity contribution < 1.29 is 22.7 Å². The molecule has 1 aliphatic rings. The maximum Gasteiger partial charge on any atom is 0.310 e. The Labute approximate surface area is 114 Å². The number of carbonyl (C=O) groups excluding carboxylic acids is 2. The van der Waals surface area contributed by atoms with Crippen LogP contribution in [0.15, 0.2) is 0 Å². The number of ether oxygens (including phenoxy) is 1. The van der Waals surface area contributed by atoms with Crippen molar-refractivity contribution in [2.24, 2.45) is 5.92 Å². The Balaban J connectivity index is 2.50. The molecule has 19 heavy (non-hydrogen) atoms. The second kappa shape index (κ2) is 6.88. The Hall–Kier alpha value is -1.11. The van der Waals surface area contributed by atoms with E-state index in [1.54, 1.807) is 11.8 Å². The Bertz CT molecular complexity index is 431. The maximum absolute atomic E-state index is 11.9. The van der Waals surface area contributed by atoms with Gasteiger partial charge in [-0.15, -0.1) is 0 Å². The molecule has 0 N–H and O–H groups in total. The lowest BCUT2D eigenvalue weighted by molar-refractivity contribution is -0.151. The number of likely N-dealkylation sites (tertiary alicyclic amines) is 1. The molecule has 1 rings (SSSR count). The molecule has 0 aromatic rings. The van der Waals surface area contributed by atoms with Crippen molar-refractivity contribution in [3.8, 4) is 0 Å². The van der Waals surface area contributed by atoms with Crippen LogP contribution in [0.5, 0.6) is 0 Å². The van der Waals surface area contributed by atoms with Crippen molar-refractivity contribution in [3.05, 3.63) is 0 Å². The van der Waals surface area contributed by atoms with Crippen molar-refractivity contribution in [2.75, 3.05) is 31.7 Å². The van der Waals surface area contributed by atoms with Crippen molar-refractivity contribution in [1.82, 2.24) is 4.90 Å². The number of piperidine rings is 1. The van der Waals surface area contributed by atoms with E-state index in [0.29, 0.717) is 26.1 Å². The summed E-state index contributed by atoms with van der Waals surface area (Å²) in [5.41, 5.74) is 0. The SMILES string of the molecule is CCOC(=O)C1CCCN(C(=O)CCS(C)(=O)=O)C1. The molecular formula is C12H21NO5S. The lowest BCUT2D eigenvalue weighted by Gasteiger charge is -2.31. The quantitative estimate of drug-likeness (QED) is 0.677. The van der Waals surface area contributed by atoms with E-state index in [1.165, 1.54) is 0 Å². The van der Waals surface area contributed by atoms with E-state index >= 15 is 0 Å². The number of carbonyl (C=O) groups is 2. The molecule has 0 bridgehead atoms. The molecule has 1 aliphatic heterocycles. The molecule has 0 radical (unpaired) electrons. The van der Waals surface area contributed by atoms with Crippen LogP contribution in [-0.2, 0) is 24.2 Å². The van der Waals surface area contributed by atoms with Crippen molar-refractivity contribution >= 4 is 21.7 Å². The van der Waals surface area contributed by atoms with E-state index in [-0.39, 0.29) is 30.0 Å². The van der Waals surface area contributed by atoms with Crippen LogP contribution in [0.3, 0.4) is 0 Å². The fourth-order valence-corrected chi connectivity index (χ4v) is 2.63. The topological polar surface area (TPSA) is 80.8 Å². The van der Waals surface area contributed by atoms with E-state index in [2.05, 4.69) is 0 Å². The zero-order chi connectivity index (χ0) is 14.5. The lowest BCUT2D eigenvalue weighted by Crippen LogP contribution is -2.43. The molecule has 0 aromatic carbocycles. The molecule has 1 unspecified atom stereocenters. The normalized spacial score (nSPS) is 20.1. The zero-order valence-corrected chi connectivity index (χ0v) is 12.2. The third-order valence-electron chi connectivity index (χ3n) is 3.08. The molecule has 0 spiro atoms. The summed E-state index contributed by atoms with van der Waals surface area (Å²) in [6, 6.07) is 0. The average Bonchev–Trinajstić information content (AvgIpc) is 2.35. The van der Waals surface area contributed by atoms with Gasteiger partial charge in [0.1, 0.15) is 9.84 Å². The van der Waals surface area contributed by atoms with Crippen molar-refractivity contribution in [3.63, 3.8) is 0 Å². The largest absolute Gasteiger partial charge is 0.466 e. The molecule has 1 atom stereocenters. The van der Waals surface area contributed by atoms with Crippen LogP contribution in [0.25, 0.3) is 0 Å². The van der Waals surface area contributed by atoms with Crippen LogP contribution >= 0.6 is 0 Å². The van der Waals surface area contributed by atoms with Crippen LogP contribution in [0.1, 0.15) is 26.2 Å².